The van der Waals surface area contributed by atoms with Crippen molar-refractivity contribution >= 4 is 29.1 Å². The number of thiophene rings is 1. The van der Waals surface area contributed by atoms with Crippen LogP contribution in [0.3, 0.4) is 0 Å². The Hall–Kier alpha value is -3.16. The fraction of sp³-hybridized carbons (Fsp3) is 0.308. The van der Waals surface area contributed by atoms with Crippen molar-refractivity contribution in [1.82, 2.24) is 4.90 Å². The van der Waals surface area contributed by atoms with E-state index in [2.05, 4.69) is 35.5 Å². The van der Waals surface area contributed by atoms with E-state index in [4.69, 9.17) is 14.5 Å². The topological polar surface area (TPSA) is 63.2 Å². The highest BCUT2D eigenvalue weighted by Gasteiger charge is 2.40. The van der Waals surface area contributed by atoms with E-state index in [1.54, 1.807) is 14.2 Å². The van der Waals surface area contributed by atoms with Gasteiger partial charge in [-0.25, -0.2) is 0 Å². The molecule has 1 N–H and O–H groups in total. The molecule has 2 aliphatic rings. The van der Waals surface area contributed by atoms with Gasteiger partial charge in [-0.05, 0) is 59.4 Å². The molecule has 0 aliphatic carbocycles. The minimum Gasteiger partial charge on any atom is -0.493 e. The number of carbonyl (C=O) groups is 1. The predicted molar refractivity (Wildman–Crippen MR) is 133 cm³/mol. The Morgan fingerprint density at radius 2 is 1.79 bits per heavy atom. The van der Waals surface area contributed by atoms with Crippen molar-refractivity contribution in [2.45, 2.75) is 17.9 Å². The number of hydrogen-bond donors (Lipinski definition) is 1. The Morgan fingerprint density at radius 3 is 2.48 bits per heavy atom. The van der Waals surface area contributed by atoms with Gasteiger partial charge >= 0.3 is 0 Å². The maximum absolute atomic E-state index is 12.4. The molecule has 3 aromatic rings. The highest BCUT2D eigenvalue weighted by Crippen LogP contribution is 2.44. The zero-order valence-corrected chi connectivity index (χ0v) is 19.8. The maximum atomic E-state index is 12.4. The number of anilines is 1. The average molecular weight is 462 g/mol. The molecule has 0 radical (unpaired) electrons. The molecular formula is C26H27N3O3S. The zero-order chi connectivity index (χ0) is 22.9. The minimum absolute atomic E-state index is 0.0759. The van der Waals surface area contributed by atoms with E-state index >= 15 is 0 Å². The fourth-order valence-corrected chi connectivity index (χ4v) is 5.58. The summed E-state index contributed by atoms with van der Waals surface area (Å²) in [5.41, 5.74) is 4.37. The molecule has 5 rings (SSSR count). The van der Waals surface area contributed by atoms with Gasteiger partial charge in [0.15, 0.2) is 11.5 Å². The van der Waals surface area contributed by atoms with Crippen LogP contribution in [0, 0.1) is 0 Å². The first-order chi connectivity index (χ1) is 16.1. The molecule has 3 atom stereocenters. The van der Waals surface area contributed by atoms with Crippen LogP contribution < -0.4 is 14.8 Å². The highest BCUT2D eigenvalue weighted by atomic mass is 32.1. The lowest BCUT2D eigenvalue weighted by Crippen LogP contribution is -2.45. The second-order valence-electron chi connectivity index (χ2n) is 8.59. The number of nitrogens with zero attached hydrogens (tertiary/aromatic N) is 2. The van der Waals surface area contributed by atoms with Gasteiger partial charge in [0.05, 0.1) is 25.1 Å². The summed E-state index contributed by atoms with van der Waals surface area (Å²) in [7, 11) is 5.49. The number of carbonyl (C=O) groups excluding carboxylic acids is 1. The molecule has 2 aromatic carbocycles. The molecule has 33 heavy (non-hydrogen) atoms. The summed E-state index contributed by atoms with van der Waals surface area (Å²) < 4.78 is 11.1. The number of nitrogens with one attached hydrogen (secondary N) is 1. The van der Waals surface area contributed by atoms with Gasteiger partial charge in [0, 0.05) is 36.8 Å². The summed E-state index contributed by atoms with van der Waals surface area (Å²) in [5, 5.41) is 4.89. The highest BCUT2D eigenvalue weighted by molar-refractivity contribution is 7.12. The molecule has 7 heteroatoms. The number of piperidine rings is 1. The van der Waals surface area contributed by atoms with Gasteiger partial charge in [-0.3, -0.25) is 9.79 Å². The molecule has 170 valence electrons. The van der Waals surface area contributed by atoms with Crippen LogP contribution >= 0.6 is 11.3 Å². The van der Waals surface area contributed by atoms with Crippen molar-refractivity contribution in [3.63, 3.8) is 0 Å². The second-order valence-corrected chi connectivity index (χ2v) is 9.54. The Labute approximate surface area is 197 Å². The first-order valence-corrected chi connectivity index (χ1v) is 11.9. The molecule has 0 bridgehead atoms. The normalized spacial score (nSPS) is 21.7. The number of aliphatic imine (C=N–C) groups is 1. The van der Waals surface area contributed by atoms with Crippen LogP contribution in [0.2, 0.25) is 0 Å². The number of rotatable bonds is 5. The third-order valence-electron chi connectivity index (χ3n) is 6.56. The summed E-state index contributed by atoms with van der Waals surface area (Å²) in [6, 6.07) is 16.2. The van der Waals surface area contributed by atoms with Crippen LogP contribution in [0.4, 0.5) is 5.69 Å². The number of likely N-dealkylation sites (N-methyl/N-ethyl adjacent to an activating group) is 1. The van der Waals surface area contributed by atoms with Crippen molar-refractivity contribution in [2.75, 3.05) is 39.7 Å². The summed E-state index contributed by atoms with van der Waals surface area (Å²) in [5.74, 6) is 1.93. The number of fused-ring (bicyclic) bond motifs is 3. The van der Waals surface area contributed by atoms with E-state index < -0.39 is 0 Å². The second kappa shape index (κ2) is 9.00. The van der Waals surface area contributed by atoms with Gasteiger partial charge in [-0.2, -0.15) is 0 Å². The lowest BCUT2D eigenvalue weighted by Gasteiger charge is -2.43. The van der Waals surface area contributed by atoms with Gasteiger partial charge in [0.2, 0.25) is 0 Å². The lowest BCUT2D eigenvalue weighted by molar-refractivity contribution is 0.103. The predicted octanol–water partition coefficient (Wildman–Crippen LogP) is 4.63. The lowest BCUT2D eigenvalue weighted by atomic mass is 9.74. The Bertz CT molecular complexity index is 1170. The van der Waals surface area contributed by atoms with Gasteiger partial charge in [0.25, 0.3) is 5.91 Å². The van der Waals surface area contributed by atoms with Crippen LogP contribution in [0.15, 0.2) is 58.9 Å². The Kier molecular flexibility index (Phi) is 5.91. The first-order valence-electron chi connectivity index (χ1n) is 11.0. The van der Waals surface area contributed by atoms with Crippen molar-refractivity contribution < 1.29 is 14.3 Å². The monoisotopic (exact) mass is 461 g/mol. The molecule has 0 saturated carbocycles. The minimum atomic E-state index is -0.0759. The Balaban J connectivity index is 1.40. The van der Waals surface area contributed by atoms with Crippen LogP contribution in [0.1, 0.15) is 38.2 Å². The van der Waals surface area contributed by atoms with Gasteiger partial charge in [0.1, 0.15) is 0 Å². The van der Waals surface area contributed by atoms with Crippen molar-refractivity contribution in [1.29, 1.82) is 0 Å². The molecule has 1 fully saturated rings. The summed E-state index contributed by atoms with van der Waals surface area (Å²) in [4.78, 5) is 20.4. The number of methoxy groups -OCH3 is 2. The summed E-state index contributed by atoms with van der Waals surface area (Å²) in [6.45, 7) is 1.87. The van der Waals surface area contributed by atoms with Crippen LogP contribution in [0.5, 0.6) is 11.5 Å². The number of amides is 1. The van der Waals surface area contributed by atoms with Crippen LogP contribution in [-0.2, 0) is 0 Å². The smallest absolute Gasteiger partial charge is 0.265 e. The van der Waals surface area contributed by atoms with Gasteiger partial charge in [-0.1, -0.05) is 18.2 Å². The number of likely N-dealkylation sites (tertiary alicyclic amines) is 1. The van der Waals surface area contributed by atoms with Gasteiger partial charge < -0.3 is 19.7 Å². The van der Waals surface area contributed by atoms with E-state index in [-0.39, 0.29) is 23.8 Å². The number of ether oxygens (including phenoxy) is 2. The third-order valence-corrected chi connectivity index (χ3v) is 7.43. The standard InChI is InChI=1S/C26H27N3O3S/c1-29-14-20(16-6-8-18(9-7-16)28-26(30)24-5-4-10-33-24)25-21(15-29)19-12-23(32-3)22(31-2)11-17(19)13-27-25/h4-13,20-21,25H,14-15H2,1-3H3,(H,28,30). The third kappa shape index (κ3) is 4.14. The summed E-state index contributed by atoms with van der Waals surface area (Å²) in [6.07, 6.45) is 1.98. The zero-order valence-electron chi connectivity index (χ0n) is 18.9. The van der Waals surface area contributed by atoms with Crippen molar-refractivity contribution in [3.05, 3.63) is 75.5 Å². The molecule has 3 unspecified atom stereocenters. The molecule has 1 saturated heterocycles. The number of benzene rings is 2. The van der Waals surface area contributed by atoms with Crippen LogP contribution in [0.25, 0.3) is 0 Å². The van der Waals surface area contributed by atoms with E-state index in [1.807, 2.05) is 41.9 Å². The first kappa shape index (κ1) is 21.7. The molecule has 1 aromatic heterocycles. The molecule has 1 amide bonds. The van der Waals surface area contributed by atoms with E-state index in [9.17, 15) is 4.79 Å². The van der Waals surface area contributed by atoms with E-state index in [0.29, 0.717) is 4.88 Å². The molecule has 6 nitrogen and oxygen atoms in total. The molecular weight excluding hydrogens is 434 g/mol. The van der Waals surface area contributed by atoms with Crippen molar-refractivity contribution in [3.8, 4) is 11.5 Å². The van der Waals surface area contributed by atoms with E-state index in [0.717, 1.165) is 35.8 Å². The molecule has 0 spiro atoms. The number of hydrogen-bond acceptors (Lipinski definition) is 6. The molecule has 3 heterocycles. The fourth-order valence-electron chi connectivity index (χ4n) is 4.96. The Morgan fingerprint density at radius 1 is 1.06 bits per heavy atom. The summed E-state index contributed by atoms with van der Waals surface area (Å²) >= 11 is 1.44. The SMILES string of the molecule is COc1cc2c(cc1OC)C1CN(C)CC(c3ccc(NC(=O)c4cccs4)cc3)C1N=C2. The maximum Gasteiger partial charge on any atom is 0.265 e. The van der Waals surface area contributed by atoms with Crippen LogP contribution in [-0.4, -0.2) is 57.4 Å². The average Bonchev–Trinajstić information content (AvgIpc) is 3.38. The van der Waals surface area contributed by atoms with Crippen molar-refractivity contribution in [2.24, 2.45) is 4.99 Å². The quantitative estimate of drug-likeness (QED) is 0.602. The van der Waals surface area contributed by atoms with E-state index in [1.165, 1.54) is 22.5 Å². The molecule has 2 aliphatic heterocycles. The largest absolute Gasteiger partial charge is 0.493 e. The van der Waals surface area contributed by atoms with Gasteiger partial charge in [-0.15, -0.1) is 11.3 Å².